The first-order valence-electron chi connectivity index (χ1n) is 10.4. The van der Waals surface area contributed by atoms with Gasteiger partial charge >= 0.3 is 0 Å². The van der Waals surface area contributed by atoms with Gasteiger partial charge in [0.1, 0.15) is 17.2 Å². The van der Waals surface area contributed by atoms with Gasteiger partial charge in [-0.25, -0.2) is 13.9 Å². The third-order valence-electron chi connectivity index (χ3n) is 6.65. The number of nitrogens with two attached hydrogens (primary N) is 1. The van der Waals surface area contributed by atoms with Crippen LogP contribution in [0.2, 0.25) is 0 Å². The van der Waals surface area contributed by atoms with Crippen molar-refractivity contribution in [3.05, 3.63) is 47.2 Å². The summed E-state index contributed by atoms with van der Waals surface area (Å²) in [6, 6.07) is 3.44. The van der Waals surface area contributed by atoms with Gasteiger partial charge in [-0.05, 0) is 55.7 Å². The molecule has 3 aromatic heterocycles. The van der Waals surface area contributed by atoms with Crippen LogP contribution in [0.15, 0.2) is 24.5 Å². The third kappa shape index (κ3) is 2.57. The molecule has 0 aromatic carbocycles. The lowest BCUT2D eigenvalue weighted by Gasteiger charge is -2.30. The highest BCUT2D eigenvalue weighted by Gasteiger charge is 2.54. The molecule has 2 fully saturated rings. The largest absolute Gasteiger partial charge is 0.381 e. The summed E-state index contributed by atoms with van der Waals surface area (Å²) in [5.41, 5.74) is 8.63. The zero-order chi connectivity index (χ0) is 20.6. The standard InChI is InChI=1S/C21H22FN7O/c1-10-2-3-15-14(7-12(22)8-24-15)18-13-6-11(13)9-28(18)16-4-5-29-20(26-16)17(19(23)27-29)21(30)25-10/h4-5,7-8,10-11,13,18H,2-3,6,9H2,1H3,(H2,23,27)(H,25,30)/t10-,11-,13-,18+/m1/s1. The van der Waals surface area contributed by atoms with Gasteiger partial charge in [0.2, 0.25) is 0 Å². The van der Waals surface area contributed by atoms with Crippen LogP contribution in [-0.4, -0.2) is 38.1 Å². The van der Waals surface area contributed by atoms with Crippen LogP contribution in [-0.2, 0) is 6.42 Å². The molecule has 0 unspecified atom stereocenters. The van der Waals surface area contributed by atoms with Crippen molar-refractivity contribution in [2.24, 2.45) is 11.8 Å². The van der Waals surface area contributed by atoms with Crippen LogP contribution in [0.1, 0.15) is 47.4 Å². The molecule has 9 heteroatoms. The van der Waals surface area contributed by atoms with Gasteiger partial charge in [0.25, 0.3) is 5.91 Å². The van der Waals surface area contributed by atoms with Gasteiger partial charge in [-0.2, -0.15) is 0 Å². The maximum Gasteiger partial charge on any atom is 0.259 e. The van der Waals surface area contributed by atoms with Crippen molar-refractivity contribution in [1.82, 2.24) is 24.9 Å². The van der Waals surface area contributed by atoms with Crippen molar-refractivity contribution in [2.45, 2.75) is 38.3 Å². The molecule has 154 valence electrons. The number of aryl methyl sites for hydroxylation is 1. The smallest absolute Gasteiger partial charge is 0.259 e. The Balaban J connectivity index is 1.56. The Hall–Kier alpha value is -3.23. The fourth-order valence-electron chi connectivity index (χ4n) is 5.08. The van der Waals surface area contributed by atoms with Gasteiger partial charge in [-0.15, -0.1) is 5.10 Å². The predicted octanol–water partition coefficient (Wildman–Crippen LogP) is 2.11. The van der Waals surface area contributed by atoms with E-state index in [1.807, 2.05) is 13.0 Å². The van der Waals surface area contributed by atoms with Gasteiger partial charge in [0.15, 0.2) is 11.5 Å². The van der Waals surface area contributed by atoms with Crippen molar-refractivity contribution in [1.29, 1.82) is 0 Å². The molecule has 2 aliphatic heterocycles. The van der Waals surface area contributed by atoms with Crippen LogP contribution < -0.4 is 16.0 Å². The van der Waals surface area contributed by atoms with E-state index in [4.69, 9.17) is 10.7 Å². The Bertz CT molecular complexity index is 1190. The summed E-state index contributed by atoms with van der Waals surface area (Å²) < 4.78 is 15.8. The second-order valence-corrected chi connectivity index (χ2v) is 8.67. The Labute approximate surface area is 172 Å². The molecule has 0 spiro atoms. The van der Waals surface area contributed by atoms with E-state index in [-0.39, 0.29) is 29.6 Å². The molecule has 3 N–H and O–H groups in total. The van der Waals surface area contributed by atoms with Gasteiger partial charge in [-0.3, -0.25) is 9.78 Å². The van der Waals surface area contributed by atoms with E-state index in [1.165, 1.54) is 6.20 Å². The molecule has 4 atom stereocenters. The minimum atomic E-state index is -0.322. The van der Waals surface area contributed by atoms with E-state index in [0.717, 1.165) is 30.0 Å². The Morgan fingerprint density at radius 3 is 3.10 bits per heavy atom. The number of piperidine rings is 1. The molecule has 30 heavy (non-hydrogen) atoms. The van der Waals surface area contributed by atoms with Crippen LogP contribution >= 0.6 is 0 Å². The number of fused-ring (bicyclic) bond motifs is 7. The van der Waals surface area contributed by atoms with Crippen LogP contribution in [0.3, 0.4) is 0 Å². The van der Waals surface area contributed by atoms with Crippen LogP contribution in [0.5, 0.6) is 0 Å². The van der Waals surface area contributed by atoms with E-state index >= 15 is 0 Å². The lowest BCUT2D eigenvalue weighted by atomic mass is 9.97. The lowest BCUT2D eigenvalue weighted by molar-refractivity contribution is 0.0940. The van der Waals surface area contributed by atoms with Crippen LogP contribution in [0, 0.1) is 17.7 Å². The van der Waals surface area contributed by atoms with Crippen LogP contribution in [0.4, 0.5) is 16.0 Å². The van der Waals surface area contributed by atoms with E-state index in [2.05, 4.69) is 20.3 Å². The first-order valence-corrected chi connectivity index (χ1v) is 10.4. The summed E-state index contributed by atoms with van der Waals surface area (Å²) in [5.74, 6) is 1.35. The number of carbonyl (C=O) groups is 1. The summed E-state index contributed by atoms with van der Waals surface area (Å²) in [5, 5.41) is 7.25. The summed E-state index contributed by atoms with van der Waals surface area (Å²) in [6.45, 7) is 2.80. The third-order valence-corrected chi connectivity index (χ3v) is 6.65. The fourth-order valence-corrected chi connectivity index (χ4v) is 5.08. The number of amides is 1. The number of hydrogen-bond acceptors (Lipinski definition) is 6. The second-order valence-electron chi connectivity index (χ2n) is 8.67. The molecule has 6 rings (SSSR count). The number of nitrogens with zero attached hydrogens (tertiary/aromatic N) is 5. The number of rotatable bonds is 0. The highest BCUT2D eigenvalue weighted by atomic mass is 19.1. The summed E-state index contributed by atoms with van der Waals surface area (Å²) in [4.78, 5) is 24.4. The number of carbonyl (C=O) groups excluding carboxylic acids is 1. The fraction of sp³-hybridized carbons (Fsp3) is 0.429. The number of aromatic nitrogens is 4. The molecular weight excluding hydrogens is 385 g/mol. The normalized spacial score (nSPS) is 27.5. The molecule has 5 heterocycles. The first-order chi connectivity index (χ1) is 14.5. The van der Waals surface area contributed by atoms with E-state index in [9.17, 15) is 9.18 Å². The van der Waals surface area contributed by atoms with Gasteiger partial charge in [-0.1, -0.05) is 0 Å². The van der Waals surface area contributed by atoms with Crippen molar-refractivity contribution in [3.63, 3.8) is 0 Å². The molecular formula is C21H22FN7O. The molecule has 8 nitrogen and oxygen atoms in total. The number of halogens is 1. The summed E-state index contributed by atoms with van der Waals surface area (Å²) >= 11 is 0. The Morgan fingerprint density at radius 2 is 2.23 bits per heavy atom. The number of nitrogen functional groups attached to an aromatic ring is 1. The molecule has 1 amide bonds. The van der Waals surface area contributed by atoms with E-state index < -0.39 is 0 Å². The molecule has 2 bridgehead atoms. The van der Waals surface area contributed by atoms with Gasteiger partial charge in [0.05, 0.1) is 12.2 Å². The SMILES string of the molecule is C[C@@H]1CCc2ncc(F)cc2[C@@H]2[C@@H]3C[C@@H]3CN2c2ccn3nc(N)c(c3n2)C(=O)N1. The minimum absolute atomic E-state index is 0.0339. The zero-order valence-corrected chi connectivity index (χ0v) is 16.5. The number of nitrogens with one attached hydrogen (secondary N) is 1. The molecule has 1 aliphatic carbocycles. The summed E-state index contributed by atoms with van der Waals surface area (Å²) in [7, 11) is 0. The summed E-state index contributed by atoms with van der Waals surface area (Å²) in [6.07, 6.45) is 5.55. The average Bonchev–Trinajstić information content (AvgIpc) is 3.24. The first kappa shape index (κ1) is 17.6. The van der Waals surface area contributed by atoms with Gasteiger partial charge in [0, 0.05) is 24.5 Å². The number of pyridine rings is 1. The van der Waals surface area contributed by atoms with Crippen molar-refractivity contribution >= 4 is 23.2 Å². The highest BCUT2D eigenvalue weighted by Crippen LogP contribution is 2.57. The second kappa shape index (κ2) is 6.13. The zero-order valence-electron chi connectivity index (χ0n) is 16.5. The van der Waals surface area contributed by atoms with Crippen LogP contribution in [0.25, 0.3) is 5.65 Å². The predicted molar refractivity (Wildman–Crippen MR) is 109 cm³/mol. The average molecular weight is 407 g/mol. The highest BCUT2D eigenvalue weighted by molar-refractivity contribution is 6.04. The van der Waals surface area contributed by atoms with Crippen molar-refractivity contribution in [2.75, 3.05) is 17.2 Å². The monoisotopic (exact) mass is 407 g/mol. The molecule has 0 radical (unpaired) electrons. The van der Waals surface area contributed by atoms with E-state index in [1.54, 1.807) is 16.8 Å². The molecule has 3 aliphatic rings. The van der Waals surface area contributed by atoms with Crippen molar-refractivity contribution in [3.8, 4) is 0 Å². The van der Waals surface area contributed by atoms with Crippen molar-refractivity contribution < 1.29 is 9.18 Å². The Morgan fingerprint density at radius 1 is 1.37 bits per heavy atom. The molecule has 3 aromatic rings. The van der Waals surface area contributed by atoms with Gasteiger partial charge < -0.3 is 16.0 Å². The van der Waals surface area contributed by atoms with E-state index in [0.29, 0.717) is 35.9 Å². The molecule has 1 saturated heterocycles. The topological polar surface area (TPSA) is 101 Å². The maximum absolute atomic E-state index is 14.2. The minimum Gasteiger partial charge on any atom is -0.381 e. The number of anilines is 2. The quantitative estimate of drug-likeness (QED) is 0.592. The number of hydrogen-bond donors (Lipinski definition) is 2. The Kier molecular flexibility index (Phi) is 3.60. The lowest BCUT2D eigenvalue weighted by Crippen LogP contribution is -2.33. The maximum atomic E-state index is 14.2. The molecule has 1 saturated carbocycles.